The molecule has 0 aromatic heterocycles. The lowest BCUT2D eigenvalue weighted by Crippen LogP contribution is -2.17. The maximum atomic E-state index is 13.3. The molecule has 0 fully saturated rings. The molecule has 0 atom stereocenters. The van der Waals surface area contributed by atoms with Crippen LogP contribution >= 0.6 is 23.2 Å². The number of alkyl halides is 3. The van der Waals surface area contributed by atoms with Crippen molar-refractivity contribution in [2.75, 3.05) is 12.4 Å². The number of anilines is 1. The van der Waals surface area contributed by atoms with Gasteiger partial charge in [-0.15, -0.1) is 0 Å². The molecule has 0 heterocycles. The molecule has 180 valence electrons. The highest BCUT2D eigenvalue weighted by Gasteiger charge is 2.33. The van der Waals surface area contributed by atoms with E-state index in [0.29, 0.717) is 26.9 Å². The van der Waals surface area contributed by atoms with Crippen molar-refractivity contribution in [3.8, 4) is 17.6 Å². The molecule has 0 radical (unpaired) electrons. The summed E-state index contributed by atoms with van der Waals surface area (Å²) < 4.78 is 51.0. The van der Waals surface area contributed by atoms with Gasteiger partial charge in [-0.3, -0.25) is 4.79 Å². The fraction of sp³-hybridized carbons (Fsp3) is 0.120. The van der Waals surface area contributed by atoms with Crippen LogP contribution in [-0.4, -0.2) is 13.0 Å². The van der Waals surface area contributed by atoms with Crippen LogP contribution in [0.3, 0.4) is 0 Å². The minimum Gasteiger partial charge on any atom is -0.493 e. The second-order valence-corrected chi connectivity index (χ2v) is 7.91. The SMILES string of the molecule is COc1cccc(/C=C(\C#N)C(=O)Nc2ccccc2C(F)(F)F)c1OCc1ccc(Cl)cc1Cl. The molecule has 1 amide bonds. The van der Waals surface area contributed by atoms with Gasteiger partial charge in [0.25, 0.3) is 5.91 Å². The molecular weight excluding hydrogens is 504 g/mol. The Bertz CT molecular complexity index is 1320. The Morgan fingerprint density at radius 2 is 1.86 bits per heavy atom. The summed E-state index contributed by atoms with van der Waals surface area (Å²) in [7, 11) is 1.41. The summed E-state index contributed by atoms with van der Waals surface area (Å²) >= 11 is 12.1. The molecule has 0 saturated carbocycles. The quantitative estimate of drug-likeness (QED) is 0.265. The first-order chi connectivity index (χ1) is 16.6. The van der Waals surface area contributed by atoms with Crippen LogP contribution in [0.5, 0.6) is 11.5 Å². The van der Waals surface area contributed by atoms with E-state index in [2.05, 4.69) is 5.32 Å². The van der Waals surface area contributed by atoms with E-state index in [1.807, 2.05) is 0 Å². The molecule has 1 N–H and O–H groups in total. The van der Waals surface area contributed by atoms with Crippen molar-refractivity contribution in [1.29, 1.82) is 5.26 Å². The highest BCUT2D eigenvalue weighted by molar-refractivity contribution is 6.35. The smallest absolute Gasteiger partial charge is 0.418 e. The predicted octanol–water partition coefficient (Wildman–Crippen LogP) is 7.15. The van der Waals surface area contributed by atoms with Crippen molar-refractivity contribution in [3.05, 3.63) is 93.0 Å². The number of nitriles is 1. The highest BCUT2D eigenvalue weighted by Crippen LogP contribution is 2.36. The van der Waals surface area contributed by atoms with Crippen LogP contribution in [0.1, 0.15) is 16.7 Å². The summed E-state index contributed by atoms with van der Waals surface area (Å²) in [6, 6.07) is 15.9. The van der Waals surface area contributed by atoms with E-state index in [1.165, 1.54) is 25.3 Å². The van der Waals surface area contributed by atoms with E-state index in [9.17, 15) is 23.2 Å². The van der Waals surface area contributed by atoms with E-state index in [1.54, 1.807) is 42.5 Å². The van der Waals surface area contributed by atoms with Crippen molar-refractivity contribution >= 4 is 40.9 Å². The van der Waals surface area contributed by atoms with Crippen molar-refractivity contribution in [1.82, 2.24) is 0 Å². The number of rotatable bonds is 7. The lowest BCUT2D eigenvalue weighted by molar-refractivity contribution is -0.137. The van der Waals surface area contributed by atoms with Crippen LogP contribution in [0.15, 0.2) is 66.2 Å². The molecule has 0 spiro atoms. The lowest BCUT2D eigenvalue weighted by Gasteiger charge is -2.15. The Balaban J connectivity index is 1.92. The molecule has 0 aliphatic heterocycles. The van der Waals surface area contributed by atoms with E-state index in [4.69, 9.17) is 32.7 Å². The largest absolute Gasteiger partial charge is 0.493 e. The van der Waals surface area contributed by atoms with E-state index >= 15 is 0 Å². The monoisotopic (exact) mass is 520 g/mol. The lowest BCUT2D eigenvalue weighted by atomic mass is 10.1. The van der Waals surface area contributed by atoms with Crippen LogP contribution in [0.2, 0.25) is 10.0 Å². The maximum Gasteiger partial charge on any atom is 0.418 e. The third-order valence-electron chi connectivity index (χ3n) is 4.76. The van der Waals surface area contributed by atoms with Gasteiger partial charge in [-0.1, -0.05) is 53.5 Å². The van der Waals surface area contributed by atoms with Gasteiger partial charge < -0.3 is 14.8 Å². The standard InChI is InChI=1S/C25H17Cl2F3N2O3/c1-34-22-8-4-5-15(23(22)35-14-16-9-10-18(26)12-20(16)27)11-17(13-31)24(33)32-21-7-3-2-6-19(21)25(28,29)30/h2-12H,14H2,1H3,(H,32,33)/b17-11+. The van der Waals surface area contributed by atoms with E-state index in [0.717, 1.165) is 12.1 Å². The average Bonchev–Trinajstić information content (AvgIpc) is 2.81. The predicted molar refractivity (Wildman–Crippen MR) is 127 cm³/mol. The number of ether oxygens (including phenoxy) is 2. The number of carbonyl (C=O) groups is 1. The van der Waals surface area contributed by atoms with Gasteiger partial charge in [0.1, 0.15) is 18.2 Å². The molecule has 0 aliphatic carbocycles. The van der Waals surface area contributed by atoms with Gasteiger partial charge in [0.05, 0.1) is 18.4 Å². The molecule has 3 rings (SSSR count). The Kier molecular flexibility index (Phi) is 8.28. The van der Waals surface area contributed by atoms with Crippen molar-refractivity contribution < 1.29 is 27.4 Å². The molecule has 0 unspecified atom stereocenters. The van der Waals surface area contributed by atoms with Crippen LogP contribution < -0.4 is 14.8 Å². The maximum absolute atomic E-state index is 13.3. The molecule has 3 aromatic rings. The third kappa shape index (κ3) is 6.47. The zero-order valence-electron chi connectivity index (χ0n) is 18.1. The van der Waals surface area contributed by atoms with Crippen molar-refractivity contribution in [3.63, 3.8) is 0 Å². The first-order valence-corrected chi connectivity index (χ1v) is 10.7. The molecule has 35 heavy (non-hydrogen) atoms. The van der Waals surface area contributed by atoms with Crippen LogP contribution in [-0.2, 0) is 17.6 Å². The highest BCUT2D eigenvalue weighted by atomic mass is 35.5. The number of amides is 1. The minimum atomic E-state index is -4.68. The Morgan fingerprint density at radius 3 is 2.51 bits per heavy atom. The summed E-state index contributed by atoms with van der Waals surface area (Å²) in [5.74, 6) is -0.500. The summed E-state index contributed by atoms with van der Waals surface area (Å²) in [4.78, 5) is 12.7. The molecule has 0 bridgehead atoms. The summed E-state index contributed by atoms with van der Waals surface area (Å²) in [5.41, 5.74) is -1.02. The average molecular weight is 521 g/mol. The Hall–Kier alpha value is -3.67. The van der Waals surface area contributed by atoms with Crippen LogP contribution in [0, 0.1) is 11.3 Å². The van der Waals surface area contributed by atoms with Crippen LogP contribution in [0.4, 0.5) is 18.9 Å². The Morgan fingerprint density at radius 1 is 1.11 bits per heavy atom. The molecule has 0 aliphatic rings. The molecule has 5 nitrogen and oxygen atoms in total. The number of para-hydroxylation sites is 2. The van der Waals surface area contributed by atoms with Gasteiger partial charge in [0.2, 0.25) is 0 Å². The van der Waals surface area contributed by atoms with E-state index < -0.39 is 28.9 Å². The van der Waals surface area contributed by atoms with E-state index in [-0.39, 0.29) is 12.4 Å². The molecule has 10 heteroatoms. The van der Waals surface area contributed by atoms with Crippen molar-refractivity contribution in [2.24, 2.45) is 0 Å². The number of nitrogens with zero attached hydrogens (tertiary/aromatic N) is 1. The normalized spacial score (nSPS) is 11.5. The fourth-order valence-electron chi connectivity index (χ4n) is 3.08. The number of hydrogen-bond donors (Lipinski definition) is 1. The number of nitrogens with one attached hydrogen (secondary N) is 1. The molecule has 3 aromatic carbocycles. The molecule has 0 saturated heterocycles. The number of benzene rings is 3. The first-order valence-electron chi connectivity index (χ1n) is 9.97. The zero-order valence-corrected chi connectivity index (χ0v) is 19.6. The summed E-state index contributed by atoms with van der Waals surface area (Å²) in [5, 5.41) is 12.5. The fourth-order valence-corrected chi connectivity index (χ4v) is 3.55. The van der Waals surface area contributed by atoms with Crippen LogP contribution in [0.25, 0.3) is 6.08 Å². The van der Waals surface area contributed by atoms with Gasteiger partial charge >= 0.3 is 6.18 Å². The summed E-state index contributed by atoms with van der Waals surface area (Å²) in [6.07, 6.45) is -3.48. The second kappa shape index (κ2) is 11.2. The number of methoxy groups -OCH3 is 1. The zero-order chi connectivity index (χ0) is 25.6. The van der Waals surface area contributed by atoms with Gasteiger partial charge in [-0.2, -0.15) is 18.4 Å². The second-order valence-electron chi connectivity index (χ2n) is 7.07. The van der Waals surface area contributed by atoms with Gasteiger partial charge in [0, 0.05) is 21.2 Å². The van der Waals surface area contributed by atoms with Gasteiger partial charge in [-0.25, -0.2) is 0 Å². The number of halogens is 5. The van der Waals surface area contributed by atoms with Crippen molar-refractivity contribution in [2.45, 2.75) is 12.8 Å². The number of carbonyl (C=O) groups excluding carboxylic acids is 1. The Labute approximate surface area is 209 Å². The van der Waals surface area contributed by atoms with Gasteiger partial charge in [0.15, 0.2) is 11.5 Å². The number of hydrogen-bond acceptors (Lipinski definition) is 4. The summed E-state index contributed by atoms with van der Waals surface area (Å²) in [6.45, 7) is 0.0181. The van der Waals surface area contributed by atoms with Gasteiger partial charge in [-0.05, 0) is 36.4 Å². The topological polar surface area (TPSA) is 71.3 Å². The minimum absolute atomic E-state index is 0.0181. The third-order valence-corrected chi connectivity index (χ3v) is 5.35. The molecular formula is C25H17Cl2F3N2O3. The first kappa shape index (κ1) is 25.9.